The number of hydrogen-bond acceptors (Lipinski definition) is 3. The second kappa shape index (κ2) is 7.06. The van der Waals surface area contributed by atoms with Crippen LogP contribution in [0, 0.1) is 34.6 Å². The highest BCUT2D eigenvalue weighted by molar-refractivity contribution is 5.54. The van der Waals surface area contributed by atoms with Crippen molar-refractivity contribution in [1.29, 1.82) is 0 Å². The van der Waals surface area contributed by atoms with Gasteiger partial charge in [-0.15, -0.1) is 0 Å². The van der Waals surface area contributed by atoms with Gasteiger partial charge in [0, 0.05) is 17.8 Å². The molecule has 2 aromatic carbocycles. The SMILES string of the molecule is Cc1ccc(Nc2nc(C)cc(Cc3c(C)cc(C)cc3C)n2)cc1. The maximum Gasteiger partial charge on any atom is 0.227 e. The first-order valence-electron chi connectivity index (χ1n) is 8.65. The lowest BCUT2D eigenvalue weighted by molar-refractivity contribution is 0.989. The summed E-state index contributed by atoms with van der Waals surface area (Å²) < 4.78 is 0. The molecule has 0 saturated heterocycles. The van der Waals surface area contributed by atoms with Crippen LogP contribution in [0.25, 0.3) is 0 Å². The Morgan fingerprint density at radius 2 is 1.40 bits per heavy atom. The summed E-state index contributed by atoms with van der Waals surface area (Å²) >= 11 is 0. The molecule has 3 nitrogen and oxygen atoms in total. The number of rotatable bonds is 4. The minimum atomic E-state index is 0.654. The first-order chi connectivity index (χ1) is 11.9. The number of anilines is 2. The molecule has 128 valence electrons. The van der Waals surface area contributed by atoms with E-state index in [0.29, 0.717) is 5.95 Å². The topological polar surface area (TPSA) is 37.8 Å². The first kappa shape index (κ1) is 17.2. The average Bonchev–Trinajstić information content (AvgIpc) is 2.52. The number of aromatic nitrogens is 2. The number of hydrogen-bond donors (Lipinski definition) is 1. The summed E-state index contributed by atoms with van der Waals surface area (Å²) in [5.74, 6) is 0.654. The van der Waals surface area contributed by atoms with Crippen molar-refractivity contribution in [2.24, 2.45) is 0 Å². The van der Waals surface area contributed by atoms with Crippen LogP contribution in [0.15, 0.2) is 42.5 Å². The Morgan fingerprint density at radius 3 is 2.04 bits per heavy atom. The van der Waals surface area contributed by atoms with Crippen molar-refractivity contribution < 1.29 is 0 Å². The van der Waals surface area contributed by atoms with Crippen LogP contribution in [0.5, 0.6) is 0 Å². The average molecular weight is 331 g/mol. The van der Waals surface area contributed by atoms with Gasteiger partial charge in [-0.25, -0.2) is 9.97 Å². The zero-order valence-electron chi connectivity index (χ0n) is 15.6. The number of benzene rings is 2. The van der Waals surface area contributed by atoms with Gasteiger partial charge in [0.15, 0.2) is 0 Å². The van der Waals surface area contributed by atoms with E-state index < -0.39 is 0 Å². The molecule has 25 heavy (non-hydrogen) atoms. The molecule has 0 bridgehead atoms. The van der Waals surface area contributed by atoms with E-state index in [4.69, 9.17) is 4.98 Å². The summed E-state index contributed by atoms with van der Waals surface area (Å²) in [5, 5.41) is 3.31. The zero-order chi connectivity index (χ0) is 18.0. The van der Waals surface area contributed by atoms with Crippen LogP contribution in [0.3, 0.4) is 0 Å². The van der Waals surface area contributed by atoms with E-state index in [1.807, 2.05) is 6.92 Å². The third kappa shape index (κ3) is 4.24. The fraction of sp³-hybridized carbons (Fsp3) is 0.273. The molecule has 0 aliphatic carbocycles. The van der Waals surface area contributed by atoms with Crippen molar-refractivity contribution in [2.75, 3.05) is 5.32 Å². The third-order valence-corrected chi connectivity index (χ3v) is 4.41. The van der Waals surface area contributed by atoms with E-state index in [1.165, 1.54) is 27.8 Å². The van der Waals surface area contributed by atoms with E-state index in [-0.39, 0.29) is 0 Å². The smallest absolute Gasteiger partial charge is 0.227 e. The third-order valence-electron chi connectivity index (χ3n) is 4.41. The molecule has 1 N–H and O–H groups in total. The maximum absolute atomic E-state index is 4.73. The van der Waals surface area contributed by atoms with Crippen LogP contribution in [-0.2, 0) is 6.42 Å². The fourth-order valence-corrected chi connectivity index (χ4v) is 3.22. The molecule has 3 aromatic rings. The molecule has 1 aromatic heterocycles. The van der Waals surface area contributed by atoms with Gasteiger partial charge in [0.1, 0.15) is 0 Å². The van der Waals surface area contributed by atoms with E-state index in [9.17, 15) is 0 Å². The summed E-state index contributed by atoms with van der Waals surface area (Å²) in [6.45, 7) is 10.6. The molecule has 0 aliphatic rings. The van der Waals surface area contributed by atoms with E-state index in [2.05, 4.69) is 80.5 Å². The Labute approximate surface area is 150 Å². The number of nitrogens with zero attached hydrogens (tertiary/aromatic N) is 2. The van der Waals surface area contributed by atoms with Crippen LogP contribution in [-0.4, -0.2) is 9.97 Å². The van der Waals surface area contributed by atoms with Gasteiger partial charge < -0.3 is 5.32 Å². The number of aryl methyl sites for hydroxylation is 5. The van der Waals surface area contributed by atoms with Crippen LogP contribution in [0.2, 0.25) is 0 Å². The normalized spacial score (nSPS) is 10.8. The molecule has 0 saturated carbocycles. The summed E-state index contributed by atoms with van der Waals surface area (Å²) in [5.41, 5.74) is 9.55. The molecule has 3 rings (SSSR count). The van der Waals surface area contributed by atoms with Crippen LogP contribution in [0.1, 0.15) is 39.2 Å². The summed E-state index contributed by atoms with van der Waals surface area (Å²) in [6.07, 6.45) is 0.823. The molecule has 0 fully saturated rings. The Bertz CT molecular complexity index is 873. The van der Waals surface area contributed by atoms with E-state index in [1.54, 1.807) is 0 Å². The Balaban J connectivity index is 1.88. The van der Waals surface area contributed by atoms with Crippen molar-refractivity contribution in [3.8, 4) is 0 Å². The molecule has 0 unspecified atom stereocenters. The van der Waals surface area contributed by atoms with Crippen molar-refractivity contribution >= 4 is 11.6 Å². The van der Waals surface area contributed by atoms with Gasteiger partial charge in [0.25, 0.3) is 0 Å². The highest BCUT2D eigenvalue weighted by Gasteiger charge is 2.09. The predicted octanol–water partition coefficient (Wildman–Crippen LogP) is 5.35. The van der Waals surface area contributed by atoms with Crippen LogP contribution in [0.4, 0.5) is 11.6 Å². The van der Waals surface area contributed by atoms with Gasteiger partial charge in [-0.05, 0) is 69.5 Å². The monoisotopic (exact) mass is 331 g/mol. The predicted molar refractivity (Wildman–Crippen MR) is 105 cm³/mol. The van der Waals surface area contributed by atoms with E-state index >= 15 is 0 Å². The van der Waals surface area contributed by atoms with E-state index in [0.717, 1.165) is 23.5 Å². The van der Waals surface area contributed by atoms with Gasteiger partial charge in [0.2, 0.25) is 5.95 Å². The molecular formula is C22H25N3. The molecule has 3 heteroatoms. The molecule has 0 amide bonds. The summed E-state index contributed by atoms with van der Waals surface area (Å²) in [4.78, 5) is 9.26. The van der Waals surface area contributed by atoms with Gasteiger partial charge in [0.05, 0.1) is 5.69 Å². The maximum atomic E-state index is 4.73. The highest BCUT2D eigenvalue weighted by atomic mass is 15.1. The fourth-order valence-electron chi connectivity index (χ4n) is 3.22. The van der Waals surface area contributed by atoms with Gasteiger partial charge in [-0.2, -0.15) is 0 Å². The van der Waals surface area contributed by atoms with Crippen molar-refractivity contribution in [3.63, 3.8) is 0 Å². The minimum absolute atomic E-state index is 0.654. The first-order valence-corrected chi connectivity index (χ1v) is 8.65. The zero-order valence-corrected chi connectivity index (χ0v) is 15.6. The quantitative estimate of drug-likeness (QED) is 0.700. The molecule has 0 aliphatic heterocycles. The second-order valence-electron chi connectivity index (χ2n) is 6.87. The lowest BCUT2D eigenvalue weighted by atomic mass is 9.96. The minimum Gasteiger partial charge on any atom is -0.324 e. The largest absolute Gasteiger partial charge is 0.324 e. The van der Waals surface area contributed by atoms with Crippen molar-refractivity contribution in [3.05, 3.63) is 81.7 Å². The lowest BCUT2D eigenvalue weighted by Gasteiger charge is -2.13. The van der Waals surface area contributed by atoms with Crippen LogP contribution >= 0.6 is 0 Å². The van der Waals surface area contributed by atoms with Gasteiger partial charge >= 0.3 is 0 Å². The number of nitrogens with one attached hydrogen (secondary N) is 1. The lowest BCUT2D eigenvalue weighted by Crippen LogP contribution is -2.04. The summed E-state index contributed by atoms with van der Waals surface area (Å²) in [7, 11) is 0. The van der Waals surface area contributed by atoms with Crippen LogP contribution < -0.4 is 5.32 Å². The Morgan fingerprint density at radius 1 is 0.760 bits per heavy atom. The van der Waals surface area contributed by atoms with Gasteiger partial charge in [-0.3, -0.25) is 0 Å². The standard InChI is InChI=1S/C22H25N3/c1-14-6-8-19(9-7-14)24-22-23-18(5)12-20(25-22)13-21-16(3)10-15(2)11-17(21)4/h6-12H,13H2,1-5H3,(H,23,24,25). The second-order valence-corrected chi connectivity index (χ2v) is 6.87. The molecule has 0 spiro atoms. The molecular weight excluding hydrogens is 306 g/mol. The molecule has 0 atom stereocenters. The van der Waals surface area contributed by atoms with Gasteiger partial charge in [-0.1, -0.05) is 35.4 Å². The Hall–Kier alpha value is -2.68. The summed E-state index contributed by atoms with van der Waals surface area (Å²) in [6, 6.07) is 14.8. The molecule has 0 radical (unpaired) electrons. The Kier molecular flexibility index (Phi) is 4.84. The van der Waals surface area contributed by atoms with Crippen molar-refractivity contribution in [1.82, 2.24) is 9.97 Å². The van der Waals surface area contributed by atoms with Crippen molar-refractivity contribution in [2.45, 2.75) is 41.0 Å². The highest BCUT2D eigenvalue weighted by Crippen LogP contribution is 2.21. The molecule has 1 heterocycles.